The standard InChI is InChI=1S/C13H19N3O3/c1-9(2)11(7-12(17)18)15-13(19)16(3)10-5-4-6-14-8-10/h4-6,8-9,11H,7H2,1-3H3,(H,15,19)(H,17,18). The number of amides is 2. The molecule has 1 aromatic rings. The predicted octanol–water partition coefficient (Wildman–Crippen LogP) is 1.73. The zero-order valence-corrected chi connectivity index (χ0v) is 11.3. The van der Waals surface area contributed by atoms with Crippen LogP contribution in [0.15, 0.2) is 24.5 Å². The lowest BCUT2D eigenvalue weighted by molar-refractivity contribution is -0.137. The van der Waals surface area contributed by atoms with Crippen molar-refractivity contribution in [2.45, 2.75) is 26.3 Å². The Morgan fingerprint density at radius 2 is 2.16 bits per heavy atom. The third-order valence-electron chi connectivity index (χ3n) is 2.85. The van der Waals surface area contributed by atoms with Crippen LogP contribution in [-0.4, -0.2) is 35.2 Å². The van der Waals surface area contributed by atoms with Gasteiger partial charge in [0.05, 0.1) is 18.3 Å². The van der Waals surface area contributed by atoms with Crippen LogP contribution < -0.4 is 10.2 Å². The van der Waals surface area contributed by atoms with E-state index >= 15 is 0 Å². The van der Waals surface area contributed by atoms with Crippen molar-refractivity contribution >= 4 is 17.7 Å². The maximum Gasteiger partial charge on any atom is 0.321 e. The molecule has 0 spiro atoms. The molecule has 0 radical (unpaired) electrons. The van der Waals surface area contributed by atoms with Gasteiger partial charge in [-0.15, -0.1) is 0 Å². The van der Waals surface area contributed by atoms with Crippen LogP contribution in [0.3, 0.4) is 0 Å². The maximum absolute atomic E-state index is 12.0. The van der Waals surface area contributed by atoms with Crippen molar-refractivity contribution < 1.29 is 14.7 Å². The minimum absolute atomic E-state index is 0.0438. The number of carbonyl (C=O) groups is 2. The molecule has 0 saturated heterocycles. The highest BCUT2D eigenvalue weighted by Crippen LogP contribution is 2.11. The van der Waals surface area contributed by atoms with Crippen LogP contribution in [0.5, 0.6) is 0 Å². The van der Waals surface area contributed by atoms with E-state index in [-0.39, 0.29) is 18.4 Å². The largest absolute Gasteiger partial charge is 0.481 e. The van der Waals surface area contributed by atoms with Crippen molar-refractivity contribution in [3.8, 4) is 0 Å². The first-order valence-corrected chi connectivity index (χ1v) is 6.08. The predicted molar refractivity (Wildman–Crippen MR) is 72.1 cm³/mol. The van der Waals surface area contributed by atoms with Crippen LogP contribution in [-0.2, 0) is 4.79 Å². The van der Waals surface area contributed by atoms with Crippen molar-refractivity contribution in [3.05, 3.63) is 24.5 Å². The Hall–Kier alpha value is -2.11. The van der Waals surface area contributed by atoms with Gasteiger partial charge in [-0.25, -0.2) is 4.79 Å². The number of carboxylic acid groups (broad SMARTS) is 1. The normalized spacial score (nSPS) is 12.0. The topological polar surface area (TPSA) is 82.5 Å². The number of carboxylic acids is 1. The number of carbonyl (C=O) groups excluding carboxylic acids is 1. The second-order valence-corrected chi connectivity index (χ2v) is 4.67. The van der Waals surface area contributed by atoms with Crippen molar-refractivity contribution in [1.82, 2.24) is 10.3 Å². The van der Waals surface area contributed by atoms with Crippen molar-refractivity contribution in [3.63, 3.8) is 0 Å². The fraction of sp³-hybridized carbons (Fsp3) is 0.462. The van der Waals surface area contributed by atoms with Crippen LogP contribution in [0.2, 0.25) is 0 Å². The minimum Gasteiger partial charge on any atom is -0.481 e. The van der Waals surface area contributed by atoms with E-state index in [1.807, 2.05) is 13.8 Å². The molecule has 104 valence electrons. The summed E-state index contributed by atoms with van der Waals surface area (Å²) < 4.78 is 0. The van der Waals surface area contributed by atoms with Gasteiger partial charge in [-0.3, -0.25) is 14.7 Å². The Labute approximate surface area is 112 Å². The molecule has 19 heavy (non-hydrogen) atoms. The average molecular weight is 265 g/mol. The van der Waals surface area contributed by atoms with E-state index in [9.17, 15) is 9.59 Å². The summed E-state index contributed by atoms with van der Waals surface area (Å²) in [5.74, 6) is -0.884. The van der Waals surface area contributed by atoms with Gasteiger partial charge in [0.25, 0.3) is 0 Å². The summed E-state index contributed by atoms with van der Waals surface area (Å²) in [6.07, 6.45) is 3.10. The summed E-state index contributed by atoms with van der Waals surface area (Å²) in [4.78, 5) is 28.1. The second kappa shape index (κ2) is 6.72. The summed E-state index contributed by atoms with van der Waals surface area (Å²) in [6, 6.07) is 2.75. The van der Waals surface area contributed by atoms with Crippen LogP contribution in [0.4, 0.5) is 10.5 Å². The molecule has 1 heterocycles. The smallest absolute Gasteiger partial charge is 0.321 e. The molecule has 0 aliphatic rings. The number of pyridine rings is 1. The number of aromatic nitrogens is 1. The van der Waals surface area contributed by atoms with Gasteiger partial charge < -0.3 is 10.4 Å². The first-order valence-electron chi connectivity index (χ1n) is 6.08. The zero-order chi connectivity index (χ0) is 14.4. The lowest BCUT2D eigenvalue weighted by Gasteiger charge is -2.24. The first kappa shape index (κ1) is 14.9. The van der Waals surface area contributed by atoms with E-state index in [4.69, 9.17) is 5.11 Å². The summed E-state index contributed by atoms with van der Waals surface area (Å²) in [7, 11) is 1.62. The Morgan fingerprint density at radius 3 is 2.63 bits per heavy atom. The molecular formula is C13H19N3O3. The number of anilines is 1. The Balaban J connectivity index is 2.69. The summed E-state index contributed by atoms with van der Waals surface area (Å²) >= 11 is 0. The van der Waals surface area contributed by atoms with Gasteiger partial charge in [-0.05, 0) is 18.1 Å². The van der Waals surface area contributed by atoms with Gasteiger partial charge in [0, 0.05) is 19.3 Å². The van der Waals surface area contributed by atoms with E-state index in [2.05, 4.69) is 10.3 Å². The quantitative estimate of drug-likeness (QED) is 0.849. The summed E-state index contributed by atoms with van der Waals surface area (Å²) in [5.41, 5.74) is 0.651. The third kappa shape index (κ3) is 4.57. The van der Waals surface area contributed by atoms with E-state index in [0.717, 1.165) is 0 Å². The Morgan fingerprint density at radius 1 is 1.47 bits per heavy atom. The molecule has 1 aromatic heterocycles. The molecule has 2 N–H and O–H groups in total. The number of nitrogens with zero attached hydrogens (tertiary/aromatic N) is 2. The molecule has 1 rings (SSSR count). The molecule has 0 bridgehead atoms. The number of urea groups is 1. The fourth-order valence-electron chi connectivity index (χ4n) is 1.57. The van der Waals surface area contributed by atoms with E-state index in [1.54, 1.807) is 31.6 Å². The zero-order valence-electron chi connectivity index (χ0n) is 11.3. The van der Waals surface area contributed by atoms with Gasteiger partial charge in [0.2, 0.25) is 0 Å². The van der Waals surface area contributed by atoms with Crippen LogP contribution in [0.1, 0.15) is 20.3 Å². The summed E-state index contributed by atoms with van der Waals surface area (Å²) in [6.45, 7) is 3.75. The molecule has 0 aliphatic carbocycles. The first-order chi connectivity index (χ1) is 8.91. The molecule has 6 nitrogen and oxygen atoms in total. The molecular weight excluding hydrogens is 246 g/mol. The van der Waals surface area contributed by atoms with Crippen molar-refractivity contribution in [2.24, 2.45) is 5.92 Å². The SMILES string of the molecule is CC(C)C(CC(=O)O)NC(=O)N(C)c1cccnc1. The van der Waals surface area contributed by atoms with Crippen molar-refractivity contribution in [2.75, 3.05) is 11.9 Å². The van der Waals surface area contributed by atoms with E-state index < -0.39 is 12.0 Å². The van der Waals surface area contributed by atoms with E-state index in [1.165, 1.54) is 4.90 Å². The van der Waals surface area contributed by atoms with Gasteiger partial charge in [0.1, 0.15) is 0 Å². The van der Waals surface area contributed by atoms with Gasteiger partial charge in [0.15, 0.2) is 0 Å². The Kier molecular flexibility index (Phi) is 5.29. The molecule has 2 amide bonds. The van der Waals surface area contributed by atoms with Crippen LogP contribution in [0.25, 0.3) is 0 Å². The summed E-state index contributed by atoms with van der Waals surface area (Å²) in [5, 5.41) is 11.6. The van der Waals surface area contributed by atoms with Crippen molar-refractivity contribution in [1.29, 1.82) is 0 Å². The fourth-order valence-corrected chi connectivity index (χ4v) is 1.57. The van der Waals surface area contributed by atoms with Gasteiger partial charge >= 0.3 is 12.0 Å². The molecule has 0 fully saturated rings. The number of hydrogen-bond donors (Lipinski definition) is 2. The van der Waals surface area contributed by atoms with Gasteiger partial charge in [-0.2, -0.15) is 0 Å². The maximum atomic E-state index is 12.0. The molecule has 1 atom stereocenters. The molecule has 0 aliphatic heterocycles. The number of aliphatic carboxylic acids is 1. The lowest BCUT2D eigenvalue weighted by atomic mass is 10.0. The van der Waals surface area contributed by atoms with Gasteiger partial charge in [-0.1, -0.05) is 13.8 Å². The molecule has 0 saturated carbocycles. The highest BCUT2D eigenvalue weighted by atomic mass is 16.4. The third-order valence-corrected chi connectivity index (χ3v) is 2.85. The number of nitrogens with one attached hydrogen (secondary N) is 1. The minimum atomic E-state index is -0.928. The second-order valence-electron chi connectivity index (χ2n) is 4.67. The lowest BCUT2D eigenvalue weighted by Crippen LogP contribution is -2.46. The average Bonchev–Trinajstić information content (AvgIpc) is 2.37. The van der Waals surface area contributed by atoms with Crippen LogP contribution in [0, 0.1) is 5.92 Å². The van der Waals surface area contributed by atoms with E-state index in [0.29, 0.717) is 5.69 Å². The molecule has 6 heteroatoms. The monoisotopic (exact) mass is 265 g/mol. The number of hydrogen-bond acceptors (Lipinski definition) is 3. The number of rotatable bonds is 5. The highest BCUT2D eigenvalue weighted by Gasteiger charge is 2.21. The Bertz CT molecular complexity index is 434. The van der Waals surface area contributed by atoms with Crippen LogP contribution >= 0.6 is 0 Å². The molecule has 1 unspecified atom stereocenters. The highest BCUT2D eigenvalue weighted by molar-refractivity contribution is 5.91. The molecule has 0 aromatic carbocycles.